The van der Waals surface area contributed by atoms with Crippen molar-refractivity contribution in [3.8, 4) is 17.2 Å². The first-order chi connectivity index (χ1) is 15.2. The lowest BCUT2D eigenvalue weighted by Crippen LogP contribution is -2.41. The highest BCUT2D eigenvalue weighted by Gasteiger charge is 2.32. The molecular formula is C24H26N2O5. The van der Waals surface area contributed by atoms with Crippen LogP contribution in [0.2, 0.25) is 0 Å². The second-order valence-corrected chi connectivity index (χ2v) is 8.05. The first-order valence-corrected chi connectivity index (χ1v) is 10.9. The van der Waals surface area contributed by atoms with Gasteiger partial charge in [0.1, 0.15) is 5.75 Å². The molecule has 2 aromatic carbocycles. The number of likely N-dealkylation sites (tertiary alicyclic amines) is 1. The van der Waals surface area contributed by atoms with E-state index in [1.165, 1.54) is 0 Å². The Bertz CT molecular complexity index is 992. The van der Waals surface area contributed by atoms with Crippen molar-refractivity contribution < 1.29 is 23.8 Å². The number of benzene rings is 2. The fraction of sp³-hybridized carbons (Fsp3) is 0.417. The second-order valence-electron chi connectivity index (χ2n) is 8.05. The summed E-state index contributed by atoms with van der Waals surface area (Å²) in [6.07, 6.45) is 3.03. The zero-order chi connectivity index (χ0) is 21.2. The number of ether oxygens (including phenoxy) is 3. The van der Waals surface area contributed by atoms with Crippen molar-refractivity contribution in [2.24, 2.45) is 0 Å². The fourth-order valence-corrected chi connectivity index (χ4v) is 4.55. The molecule has 0 spiro atoms. The number of hydrogen-bond donors (Lipinski definition) is 0. The number of para-hydroxylation sites is 2. The largest absolute Gasteiger partial charge is 0.490 e. The Morgan fingerprint density at radius 2 is 1.81 bits per heavy atom. The maximum atomic E-state index is 13.1. The van der Waals surface area contributed by atoms with Crippen LogP contribution in [0.1, 0.15) is 37.3 Å². The number of nitrogens with zero attached hydrogens (tertiary/aromatic N) is 2. The maximum absolute atomic E-state index is 13.1. The minimum absolute atomic E-state index is 0.00867. The highest BCUT2D eigenvalue weighted by atomic mass is 16.5. The van der Waals surface area contributed by atoms with Gasteiger partial charge < -0.3 is 24.0 Å². The van der Waals surface area contributed by atoms with E-state index in [-0.39, 0.29) is 30.9 Å². The lowest BCUT2D eigenvalue weighted by molar-refractivity contribution is -0.132. The van der Waals surface area contributed by atoms with Gasteiger partial charge in [-0.1, -0.05) is 18.2 Å². The molecule has 162 valence electrons. The standard InChI is InChI=1S/C24H26N2O5/c27-23(10-12-26-19-5-1-2-7-20(19)31-16-24(26)28)25-11-3-6-18(25)17-8-9-21-22(15-17)30-14-4-13-29-21/h1-2,5,7-9,15,18H,3-4,6,10-14,16H2. The van der Waals surface area contributed by atoms with Crippen LogP contribution in [0.25, 0.3) is 0 Å². The second kappa shape index (κ2) is 8.49. The summed E-state index contributed by atoms with van der Waals surface area (Å²) >= 11 is 0. The number of hydrogen-bond acceptors (Lipinski definition) is 5. The van der Waals surface area contributed by atoms with Crippen LogP contribution in [-0.4, -0.2) is 49.6 Å². The van der Waals surface area contributed by atoms with Crippen LogP contribution in [-0.2, 0) is 9.59 Å². The van der Waals surface area contributed by atoms with Crippen LogP contribution in [0.15, 0.2) is 42.5 Å². The van der Waals surface area contributed by atoms with Gasteiger partial charge in [-0.3, -0.25) is 9.59 Å². The van der Waals surface area contributed by atoms with Crippen molar-refractivity contribution in [3.63, 3.8) is 0 Å². The number of carbonyl (C=O) groups excluding carboxylic acids is 2. The Labute approximate surface area is 181 Å². The molecule has 0 bridgehead atoms. The molecule has 7 nitrogen and oxygen atoms in total. The molecule has 3 aliphatic heterocycles. The molecule has 1 fully saturated rings. The molecule has 0 saturated carbocycles. The van der Waals surface area contributed by atoms with Crippen molar-refractivity contribution in [1.82, 2.24) is 4.90 Å². The van der Waals surface area contributed by atoms with Crippen LogP contribution in [0.4, 0.5) is 5.69 Å². The summed E-state index contributed by atoms with van der Waals surface area (Å²) in [6.45, 7) is 2.38. The van der Waals surface area contributed by atoms with Crippen LogP contribution in [0.5, 0.6) is 17.2 Å². The summed E-state index contributed by atoms with van der Waals surface area (Å²) in [4.78, 5) is 29.1. The third kappa shape index (κ3) is 3.92. The first kappa shape index (κ1) is 19.7. The average Bonchev–Trinajstić information content (AvgIpc) is 3.17. The fourth-order valence-electron chi connectivity index (χ4n) is 4.55. The Kier molecular flexibility index (Phi) is 5.40. The van der Waals surface area contributed by atoms with E-state index in [4.69, 9.17) is 14.2 Å². The van der Waals surface area contributed by atoms with Gasteiger partial charge in [-0.15, -0.1) is 0 Å². The zero-order valence-corrected chi connectivity index (χ0v) is 17.4. The molecule has 1 atom stereocenters. The van der Waals surface area contributed by atoms with Gasteiger partial charge >= 0.3 is 0 Å². The van der Waals surface area contributed by atoms with Crippen LogP contribution >= 0.6 is 0 Å². The van der Waals surface area contributed by atoms with E-state index in [1.807, 2.05) is 47.4 Å². The third-order valence-electron chi connectivity index (χ3n) is 6.09. The van der Waals surface area contributed by atoms with Crippen molar-refractivity contribution >= 4 is 17.5 Å². The molecule has 3 aliphatic rings. The monoisotopic (exact) mass is 422 g/mol. The van der Waals surface area contributed by atoms with E-state index in [9.17, 15) is 9.59 Å². The number of fused-ring (bicyclic) bond motifs is 2. The lowest BCUT2D eigenvalue weighted by Gasteiger charge is -2.30. The van der Waals surface area contributed by atoms with Gasteiger partial charge in [-0.05, 0) is 42.7 Å². The first-order valence-electron chi connectivity index (χ1n) is 10.9. The Morgan fingerprint density at radius 1 is 0.968 bits per heavy atom. The maximum Gasteiger partial charge on any atom is 0.265 e. The Morgan fingerprint density at radius 3 is 2.71 bits per heavy atom. The summed E-state index contributed by atoms with van der Waals surface area (Å²) in [6, 6.07) is 13.5. The molecule has 2 amide bonds. The summed E-state index contributed by atoms with van der Waals surface area (Å²) < 4.78 is 17.1. The van der Waals surface area contributed by atoms with Gasteiger partial charge in [-0.25, -0.2) is 0 Å². The highest BCUT2D eigenvalue weighted by Crippen LogP contribution is 2.38. The van der Waals surface area contributed by atoms with Gasteiger partial charge in [0.05, 0.1) is 24.9 Å². The molecule has 0 aromatic heterocycles. The smallest absolute Gasteiger partial charge is 0.265 e. The molecule has 0 N–H and O–H groups in total. The molecule has 2 aromatic rings. The summed E-state index contributed by atoms with van der Waals surface area (Å²) in [5.74, 6) is 2.14. The van der Waals surface area contributed by atoms with E-state index in [1.54, 1.807) is 4.90 Å². The Hall–Kier alpha value is -3.22. The molecule has 3 heterocycles. The van der Waals surface area contributed by atoms with E-state index >= 15 is 0 Å². The highest BCUT2D eigenvalue weighted by molar-refractivity contribution is 5.98. The van der Waals surface area contributed by atoms with Crippen LogP contribution in [0.3, 0.4) is 0 Å². The summed E-state index contributed by atoms with van der Waals surface area (Å²) in [5.41, 5.74) is 1.80. The zero-order valence-electron chi connectivity index (χ0n) is 17.4. The van der Waals surface area contributed by atoms with Crippen LogP contribution < -0.4 is 19.1 Å². The van der Waals surface area contributed by atoms with Gasteiger partial charge in [0, 0.05) is 25.9 Å². The van der Waals surface area contributed by atoms with E-state index in [0.29, 0.717) is 25.5 Å². The predicted molar refractivity (Wildman–Crippen MR) is 115 cm³/mol. The van der Waals surface area contributed by atoms with Crippen molar-refractivity contribution in [1.29, 1.82) is 0 Å². The normalized spacial score (nSPS) is 20.1. The molecule has 1 saturated heterocycles. The van der Waals surface area contributed by atoms with Gasteiger partial charge in [0.15, 0.2) is 18.1 Å². The minimum Gasteiger partial charge on any atom is -0.490 e. The van der Waals surface area contributed by atoms with Crippen molar-refractivity contribution in [2.45, 2.75) is 31.7 Å². The van der Waals surface area contributed by atoms with Crippen LogP contribution in [0, 0.1) is 0 Å². The van der Waals surface area contributed by atoms with Gasteiger partial charge in [0.2, 0.25) is 5.91 Å². The van der Waals surface area contributed by atoms with E-state index in [2.05, 4.69) is 0 Å². The molecule has 31 heavy (non-hydrogen) atoms. The number of anilines is 1. The number of carbonyl (C=O) groups is 2. The topological polar surface area (TPSA) is 68.3 Å². The third-order valence-corrected chi connectivity index (χ3v) is 6.09. The number of amides is 2. The summed E-state index contributed by atoms with van der Waals surface area (Å²) in [5, 5.41) is 0. The quantitative estimate of drug-likeness (QED) is 0.756. The lowest BCUT2D eigenvalue weighted by atomic mass is 10.0. The average molecular weight is 422 g/mol. The Balaban J connectivity index is 1.29. The SMILES string of the molecule is O=C1COc2ccccc2N1CCC(=O)N1CCCC1c1ccc2c(c1)OCCCO2. The van der Waals surface area contributed by atoms with Gasteiger partial charge in [0.25, 0.3) is 5.91 Å². The summed E-state index contributed by atoms with van der Waals surface area (Å²) in [7, 11) is 0. The van der Waals surface area contributed by atoms with Gasteiger partial charge in [-0.2, -0.15) is 0 Å². The predicted octanol–water partition coefficient (Wildman–Crippen LogP) is 3.33. The van der Waals surface area contributed by atoms with E-state index in [0.717, 1.165) is 48.6 Å². The molecule has 0 radical (unpaired) electrons. The molecule has 1 unspecified atom stereocenters. The van der Waals surface area contributed by atoms with Crippen molar-refractivity contribution in [3.05, 3.63) is 48.0 Å². The van der Waals surface area contributed by atoms with Crippen molar-refractivity contribution in [2.75, 3.05) is 37.8 Å². The molecular weight excluding hydrogens is 396 g/mol. The molecule has 5 rings (SSSR count). The molecule has 0 aliphatic carbocycles. The number of rotatable bonds is 4. The van der Waals surface area contributed by atoms with E-state index < -0.39 is 0 Å². The molecule has 7 heteroatoms. The minimum atomic E-state index is -0.118.